The zero-order valence-electron chi connectivity index (χ0n) is 18.6. The van der Waals surface area contributed by atoms with Crippen LogP contribution in [0.3, 0.4) is 0 Å². The summed E-state index contributed by atoms with van der Waals surface area (Å²) in [7, 11) is 0. The molecule has 3 heterocycles. The van der Waals surface area contributed by atoms with Crippen molar-refractivity contribution in [1.29, 1.82) is 0 Å². The fourth-order valence-electron chi connectivity index (χ4n) is 5.36. The molecule has 3 aliphatic rings. The Morgan fingerprint density at radius 2 is 1.80 bits per heavy atom. The molecule has 1 aliphatic carbocycles. The second kappa shape index (κ2) is 7.41. The number of esters is 1. The van der Waals surface area contributed by atoms with Crippen LogP contribution in [0.2, 0.25) is 0 Å². The Labute approximate surface area is 199 Å². The molecule has 0 radical (unpaired) electrons. The Morgan fingerprint density at radius 1 is 1.00 bits per heavy atom. The number of fused-ring (bicyclic) bond motifs is 2. The van der Waals surface area contributed by atoms with Crippen LogP contribution in [0.15, 0.2) is 66.9 Å². The van der Waals surface area contributed by atoms with E-state index in [1.807, 2.05) is 12.1 Å². The summed E-state index contributed by atoms with van der Waals surface area (Å²) in [6, 6.07) is 15.8. The van der Waals surface area contributed by atoms with Crippen molar-refractivity contribution < 1.29 is 27.5 Å². The summed E-state index contributed by atoms with van der Waals surface area (Å²) >= 11 is 0. The van der Waals surface area contributed by atoms with Crippen LogP contribution < -0.4 is 0 Å². The zero-order chi connectivity index (χ0) is 24.4. The largest absolute Gasteiger partial charge is 0.449 e. The van der Waals surface area contributed by atoms with Crippen molar-refractivity contribution in [3.05, 3.63) is 89.1 Å². The molecule has 35 heavy (non-hydrogen) atoms. The first-order chi connectivity index (χ1) is 16.7. The lowest BCUT2D eigenvalue weighted by molar-refractivity contribution is -0.137. The number of carbonyl (C=O) groups is 2. The number of halogens is 3. The highest BCUT2D eigenvalue weighted by molar-refractivity contribution is 5.96. The fraction of sp³-hybridized carbons (Fsp3) is 0.296. The van der Waals surface area contributed by atoms with Crippen LogP contribution in [-0.2, 0) is 26.7 Å². The minimum atomic E-state index is -4.43. The molecule has 0 N–H and O–H groups in total. The van der Waals surface area contributed by atoms with E-state index in [-0.39, 0.29) is 11.9 Å². The van der Waals surface area contributed by atoms with Crippen molar-refractivity contribution in [2.45, 2.75) is 36.5 Å². The van der Waals surface area contributed by atoms with Crippen LogP contribution in [0.4, 0.5) is 13.2 Å². The molecule has 0 bridgehead atoms. The molecule has 1 aromatic heterocycles. The number of carbonyl (C=O) groups excluding carboxylic acids is 2. The molecular formula is C27H21F3N2O3. The van der Waals surface area contributed by atoms with E-state index in [1.165, 1.54) is 6.07 Å². The Hall–Kier alpha value is -3.68. The van der Waals surface area contributed by atoms with Gasteiger partial charge >= 0.3 is 12.1 Å². The van der Waals surface area contributed by atoms with Gasteiger partial charge < -0.3 is 9.64 Å². The molecule has 1 unspecified atom stereocenters. The second-order valence-corrected chi connectivity index (χ2v) is 9.50. The van der Waals surface area contributed by atoms with E-state index in [0.717, 1.165) is 23.3 Å². The summed E-state index contributed by atoms with van der Waals surface area (Å²) < 4.78 is 45.0. The summed E-state index contributed by atoms with van der Waals surface area (Å²) in [5.41, 5.74) is 0.700. The lowest BCUT2D eigenvalue weighted by Gasteiger charge is -2.26. The average molecular weight is 478 g/mol. The number of amides is 1. The molecule has 2 aliphatic heterocycles. The molecule has 6 rings (SSSR count). The molecule has 3 aromatic rings. The quantitative estimate of drug-likeness (QED) is 0.492. The van der Waals surface area contributed by atoms with Gasteiger partial charge in [-0.3, -0.25) is 9.78 Å². The molecule has 1 atom stereocenters. The fourth-order valence-corrected chi connectivity index (χ4v) is 5.36. The Morgan fingerprint density at radius 3 is 2.51 bits per heavy atom. The van der Waals surface area contributed by atoms with Crippen LogP contribution >= 0.6 is 0 Å². The number of nitrogens with zero attached hydrogens (tertiary/aromatic N) is 2. The van der Waals surface area contributed by atoms with Gasteiger partial charge in [-0.25, -0.2) is 4.79 Å². The Balaban J connectivity index is 1.23. The van der Waals surface area contributed by atoms with E-state index in [2.05, 4.69) is 4.98 Å². The van der Waals surface area contributed by atoms with E-state index < -0.39 is 22.8 Å². The molecule has 5 nitrogen and oxygen atoms in total. The highest BCUT2D eigenvalue weighted by Crippen LogP contribution is 2.52. The molecule has 8 heteroatoms. The van der Waals surface area contributed by atoms with Crippen molar-refractivity contribution in [2.75, 3.05) is 13.1 Å². The molecule has 1 saturated heterocycles. The van der Waals surface area contributed by atoms with Gasteiger partial charge in [0, 0.05) is 30.3 Å². The van der Waals surface area contributed by atoms with Gasteiger partial charge in [0.1, 0.15) is 0 Å². The predicted molar refractivity (Wildman–Crippen MR) is 120 cm³/mol. The van der Waals surface area contributed by atoms with Gasteiger partial charge in [-0.2, -0.15) is 13.2 Å². The monoisotopic (exact) mass is 478 g/mol. The standard InChI is InChI=1S/C27H21F3N2O3/c28-27(29,30)18-5-3-4-17(14-18)22-9-8-19(15-31-22)25(10-11-25)24(34)32-13-12-26(16-32)21-7-2-1-6-20(21)23(33)35-26/h1-9,14-15H,10-13,16H2. The first kappa shape index (κ1) is 21.8. The van der Waals surface area contributed by atoms with E-state index >= 15 is 0 Å². The third-order valence-electron chi connectivity index (χ3n) is 7.41. The number of hydrogen-bond donors (Lipinski definition) is 0. The van der Waals surface area contributed by atoms with Gasteiger partial charge in [-0.05, 0) is 42.7 Å². The van der Waals surface area contributed by atoms with Crippen molar-refractivity contribution in [1.82, 2.24) is 9.88 Å². The SMILES string of the molecule is O=C1OC2(CCN(C(=O)C3(c4ccc(-c5cccc(C(F)(F)F)c5)nc4)CC3)C2)c2ccccc21. The van der Waals surface area contributed by atoms with Crippen LogP contribution in [0.25, 0.3) is 11.3 Å². The molecule has 1 amide bonds. The number of ether oxygens (including phenoxy) is 1. The highest BCUT2D eigenvalue weighted by atomic mass is 19.4. The normalized spacial score (nSPS) is 22.3. The third kappa shape index (κ3) is 3.42. The lowest BCUT2D eigenvalue weighted by Crippen LogP contribution is -2.40. The number of likely N-dealkylation sites (tertiary alicyclic amines) is 1. The summed E-state index contributed by atoms with van der Waals surface area (Å²) in [6.45, 7) is 0.796. The van der Waals surface area contributed by atoms with Crippen molar-refractivity contribution in [3.8, 4) is 11.3 Å². The molecule has 178 valence electrons. The number of rotatable bonds is 3. The van der Waals surface area contributed by atoms with E-state index in [4.69, 9.17) is 4.74 Å². The third-order valence-corrected chi connectivity index (χ3v) is 7.41. The Kier molecular flexibility index (Phi) is 4.62. The first-order valence-electron chi connectivity index (χ1n) is 11.5. The van der Waals surface area contributed by atoms with Gasteiger partial charge in [0.05, 0.1) is 28.8 Å². The van der Waals surface area contributed by atoms with Crippen molar-refractivity contribution >= 4 is 11.9 Å². The second-order valence-electron chi connectivity index (χ2n) is 9.50. The van der Waals surface area contributed by atoms with Crippen LogP contribution in [0.5, 0.6) is 0 Å². The summed E-state index contributed by atoms with van der Waals surface area (Å²) in [4.78, 5) is 32.1. The molecule has 1 spiro atoms. The van der Waals surface area contributed by atoms with Crippen LogP contribution in [0, 0.1) is 0 Å². The van der Waals surface area contributed by atoms with Gasteiger partial charge in [0.2, 0.25) is 5.91 Å². The van der Waals surface area contributed by atoms with Crippen LogP contribution in [0.1, 0.15) is 46.3 Å². The zero-order valence-corrected chi connectivity index (χ0v) is 18.6. The number of alkyl halides is 3. The maximum atomic E-state index is 13.6. The number of pyridine rings is 1. The number of benzene rings is 2. The minimum absolute atomic E-state index is 0.0246. The van der Waals surface area contributed by atoms with E-state index in [1.54, 1.807) is 41.4 Å². The van der Waals surface area contributed by atoms with E-state index in [9.17, 15) is 22.8 Å². The smallest absolute Gasteiger partial charge is 0.416 e. The maximum absolute atomic E-state index is 13.6. The maximum Gasteiger partial charge on any atom is 0.416 e. The predicted octanol–water partition coefficient (Wildman–Crippen LogP) is 5.10. The Bertz CT molecular complexity index is 1350. The van der Waals surface area contributed by atoms with Gasteiger partial charge in [0.25, 0.3) is 0 Å². The average Bonchev–Trinajstić information content (AvgIpc) is 3.49. The summed E-state index contributed by atoms with van der Waals surface area (Å²) in [6.07, 6.45) is -0.935. The van der Waals surface area contributed by atoms with Crippen molar-refractivity contribution in [3.63, 3.8) is 0 Å². The number of aromatic nitrogens is 1. The topological polar surface area (TPSA) is 59.5 Å². The van der Waals surface area contributed by atoms with Crippen molar-refractivity contribution in [2.24, 2.45) is 0 Å². The highest BCUT2D eigenvalue weighted by Gasteiger charge is 2.57. The van der Waals surface area contributed by atoms with Crippen LogP contribution in [-0.4, -0.2) is 34.8 Å². The minimum Gasteiger partial charge on any atom is -0.449 e. The van der Waals surface area contributed by atoms with Gasteiger partial charge in [-0.15, -0.1) is 0 Å². The lowest BCUT2D eigenvalue weighted by atomic mass is 9.91. The van der Waals surface area contributed by atoms with Gasteiger partial charge in [0.15, 0.2) is 5.60 Å². The first-order valence-corrected chi connectivity index (χ1v) is 11.5. The molecule has 2 aromatic carbocycles. The van der Waals surface area contributed by atoms with Gasteiger partial charge in [-0.1, -0.05) is 36.4 Å². The molecular weight excluding hydrogens is 457 g/mol. The summed E-state index contributed by atoms with van der Waals surface area (Å²) in [5, 5.41) is 0. The molecule has 2 fully saturated rings. The van der Waals surface area contributed by atoms with E-state index in [0.29, 0.717) is 49.2 Å². The molecule has 1 saturated carbocycles. The number of hydrogen-bond acceptors (Lipinski definition) is 4. The summed E-state index contributed by atoms with van der Waals surface area (Å²) in [5.74, 6) is -0.381.